The molecule has 2 rings (SSSR count). The van der Waals surface area contributed by atoms with Crippen LogP contribution in [-0.2, 0) is 16.4 Å². The summed E-state index contributed by atoms with van der Waals surface area (Å²) in [5, 5.41) is 12.8. The molecule has 2 aromatic rings. The highest BCUT2D eigenvalue weighted by Crippen LogP contribution is 2.22. The first-order chi connectivity index (χ1) is 14.9. The molecule has 3 N–H and O–H groups in total. The Bertz CT molecular complexity index is 967. The van der Waals surface area contributed by atoms with E-state index in [2.05, 4.69) is 30.0 Å². The Morgan fingerprint density at radius 3 is 2.28 bits per heavy atom. The van der Waals surface area contributed by atoms with Gasteiger partial charge in [-0.2, -0.15) is 15.0 Å². The van der Waals surface area contributed by atoms with Gasteiger partial charge in [-0.1, -0.05) is 26.8 Å². The molecular weight excluding hydrogens is 432 g/mol. The molecule has 0 saturated carbocycles. The maximum atomic E-state index is 11.7. The van der Waals surface area contributed by atoms with Crippen molar-refractivity contribution in [2.45, 2.75) is 65.5 Å². The lowest BCUT2D eigenvalue weighted by Crippen LogP contribution is -2.27. The van der Waals surface area contributed by atoms with Crippen molar-refractivity contribution in [1.29, 1.82) is 0 Å². The minimum atomic E-state index is -3.56. The van der Waals surface area contributed by atoms with Crippen molar-refractivity contribution in [2.75, 3.05) is 22.9 Å². The average Bonchev–Trinajstić information content (AvgIpc) is 2.65. The van der Waals surface area contributed by atoms with E-state index in [0.717, 1.165) is 11.8 Å². The predicted octanol–water partition coefficient (Wildman–Crippen LogP) is 2.59. The fraction of sp³-hybridized carbons (Fsp3) is 0.619. The van der Waals surface area contributed by atoms with Crippen LogP contribution in [0.2, 0.25) is 0 Å². The molecule has 178 valence electrons. The largest absolute Gasteiger partial charge is 0.475 e. The quantitative estimate of drug-likeness (QED) is 0.430. The standard InChI is InChI=1S/C21H34N6O4S/c1-13(2)9-17(12-28)23-20-24-18(25-21(26-20)27-32(6,29)30)10-15(5)16-7-8-19(22-11-16)31-14(3)4/h7-8,11,13-15,17,28H,9-10,12H2,1-6H3,(H2,23,24,25,26,27). The van der Waals surface area contributed by atoms with Gasteiger partial charge in [-0.25, -0.2) is 13.4 Å². The summed E-state index contributed by atoms with van der Waals surface area (Å²) < 4.78 is 31.3. The zero-order valence-electron chi connectivity index (χ0n) is 19.5. The van der Waals surface area contributed by atoms with Gasteiger partial charge in [-0.05, 0) is 37.7 Å². The van der Waals surface area contributed by atoms with Crippen molar-refractivity contribution in [2.24, 2.45) is 5.92 Å². The van der Waals surface area contributed by atoms with Gasteiger partial charge in [0.05, 0.1) is 25.0 Å². The highest BCUT2D eigenvalue weighted by Gasteiger charge is 2.17. The molecule has 0 fully saturated rings. The van der Waals surface area contributed by atoms with Crippen molar-refractivity contribution >= 4 is 21.9 Å². The molecule has 0 aromatic carbocycles. The highest BCUT2D eigenvalue weighted by molar-refractivity contribution is 7.91. The van der Waals surface area contributed by atoms with E-state index in [1.165, 1.54) is 0 Å². The Hall–Kier alpha value is -2.53. The molecule has 0 amide bonds. The van der Waals surface area contributed by atoms with Gasteiger partial charge in [0, 0.05) is 18.7 Å². The van der Waals surface area contributed by atoms with Gasteiger partial charge >= 0.3 is 0 Å². The second-order valence-corrected chi connectivity index (χ2v) is 10.4. The first-order valence-corrected chi connectivity index (χ1v) is 12.6. The highest BCUT2D eigenvalue weighted by atomic mass is 32.2. The molecule has 10 nitrogen and oxygen atoms in total. The van der Waals surface area contributed by atoms with Crippen LogP contribution in [0.5, 0.6) is 5.88 Å². The van der Waals surface area contributed by atoms with Gasteiger partial charge < -0.3 is 15.2 Å². The second-order valence-electron chi connectivity index (χ2n) is 8.63. The van der Waals surface area contributed by atoms with E-state index >= 15 is 0 Å². The lowest BCUT2D eigenvalue weighted by atomic mass is 9.99. The van der Waals surface area contributed by atoms with Crippen LogP contribution >= 0.6 is 0 Å². The normalized spacial score (nSPS) is 13.8. The summed E-state index contributed by atoms with van der Waals surface area (Å²) >= 11 is 0. The number of ether oxygens (including phenoxy) is 1. The third-order valence-electron chi connectivity index (χ3n) is 4.44. The van der Waals surface area contributed by atoms with Gasteiger partial charge in [0.1, 0.15) is 5.82 Å². The number of nitrogens with zero attached hydrogens (tertiary/aromatic N) is 4. The smallest absolute Gasteiger partial charge is 0.241 e. The summed E-state index contributed by atoms with van der Waals surface area (Å²) in [5.74, 6) is 1.50. The SMILES string of the molecule is CC(C)CC(CO)Nc1nc(CC(C)c2ccc(OC(C)C)nc2)nc(NS(C)(=O)=O)n1. The monoisotopic (exact) mass is 466 g/mol. The van der Waals surface area contributed by atoms with E-state index in [1.54, 1.807) is 6.20 Å². The molecule has 32 heavy (non-hydrogen) atoms. The number of hydrogen-bond acceptors (Lipinski definition) is 9. The summed E-state index contributed by atoms with van der Waals surface area (Å²) in [6.07, 6.45) is 3.98. The lowest BCUT2D eigenvalue weighted by molar-refractivity contribution is 0.232. The molecule has 0 spiro atoms. The molecule has 2 atom stereocenters. The molecule has 0 aliphatic rings. The molecule has 0 aliphatic carbocycles. The number of pyridine rings is 1. The van der Waals surface area contributed by atoms with Crippen LogP contribution in [0.3, 0.4) is 0 Å². The molecule has 11 heteroatoms. The molecule has 0 saturated heterocycles. The van der Waals surface area contributed by atoms with Crippen molar-refractivity contribution in [3.05, 3.63) is 29.7 Å². The van der Waals surface area contributed by atoms with Gasteiger partial charge in [0.15, 0.2) is 0 Å². The number of sulfonamides is 1. The molecule has 0 aliphatic heterocycles. The zero-order chi connectivity index (χ0) is 23.9. The first-order valence-electron chi connectivity index (χ1n) is 10.7. The van der Waals surface area contributed by atoms with Gasteiger partial charge in [-0.15, -0.1) is 0 Å². The third kappa shape index (κ3) is 8.91. The number of aliphatic hydroxyl groups is 1. The fourth-order valence-electron chi connectivity index (χ4n) is 3.10. The van der Waals surface area contributed by atoms with Crippen LogP contribution in [0.4, 0.5) is 11.9 Å². The van der Waals surface area contributed by atoms with E-state index in [4.69, 9.17) is 4.74 Å². The second kappa shape index (κ2) is 11.4. The zero-order valence-corrected chi connectivity index (χ0v) is 20.3. The van der Waals surface area contributed by atoms with E-state index in [0.29, 0.717) is 30.5 Å². The lowest BCUT2D eigenvalue weighted by Gasteiger charge is -2.19. The van der Waals surface area contributed by atoms with Crippen molar-refractivity contribution in [1.82, 2.24) is 19.9 Å². The summed E-state index contributed by atoms with van der Waals surface area (Å²) in [4.78, 5) is 17.2. The van der Waals surface area contributed by atoms with Crippen molar-refractivity contribution in [3.8, 4) is 5.88 Å². The summed E-state index contributed by atoms with van der Waals surface area (Å²) in [6, 6.07) is 3.50. The Labute approximate surface area is 190 Å². The number of aliphatic hydroxyl groups excluding tert-OH is 1. The summed E-state index contributed by atoms with van der Waals surface area (Å²) in [7, 11) is -3.56. The van der Waals surface area contributed by atoms with Crippen LogP contribution in [-0.4, -0.2) is 58.5 Å². The maximum Gasteiger partial charge on any atom is 0.241 e. The van der Waals surface area contributed by atoms with Crippen molar-refractivity contribution in [3.63, 3.8) is 0 Å². The van der Waals surface area contributed by atoms with Crippen LogP contribution in [0.25, 0.3) is 0 Å². The van der Waals surface area contributed by atoms with Crippen LogP contribution < -0.4 is 14.8 Å². The topological polar surface area (TPSA) is 139 Å². The van der Waals surface area contributed by atoms with E-state index in [1.807, 2.05) is 46.8 Å². The average molecular weight is 467 g/mol. The van der Waals surface area contributed by atoms with E-state index in [9.17, 15) is 13.5 Å². The number of rotatable bonds is 12. The molecular formula is C21H34N6O4S. The molecule has 0 radical (unpaired) electrons. The van der Waals surface area contributed by atoms with Gasteiger partial charge in [-0.3, -0.25) is 4.72 Å². The summed E-state index contributed by atoms with van der Waals surface area (Å²) in [5.41, 5.74) is 0.974. The van der Waals surface area contributed by atoms with Crippen LogP contribution in [0.15, 0.2) is 18.3 Å². The summed E-state index contributed by atoms with van der Waals surface area (Å²) in [6.45, 7) is 9.89. The Morgan fingerprint density at radius 2 is 1.75 bits per heavy atom. The first kappa shape index (κ1) is 25.7. The van der Waals surface area contributed by atoms with Crippen LogP contribution in [0.1, 0.15) is 58.3 Å². The minimum absolute atomic E-state index is 0.0150. The molecule has 2 unspecified atom stereocenters. The molecule has 2 heterocycles. The predicted molar refractivity (Wildman–Crippen MR) is 124 cm³/mol. The van der Waals surface area contributed by atoms with E-state index < -0.39 is 10.0 Å². The van der Waals surface area contributed by atoms with E-state index in [-0.39, 0.29) is 36.6 Å². The molecule has 2 aromatic heterocycles. The Kier molecular flexibility index (Phi) is 9.14. The number of aromatic nitrogens is 4. The number of nitrogens with one attached hydrogen (secondary N) is 2. The molecule has 0 bridgehead atoms. The minimum Gasteiger partial charge on any atom is -0.475 e. The Morgan fingerprint density at radius 1 is 1.06 bits per heavy atom. The number of hydrogen-bond donors (Lipinski definition) is 3. The maximum absolute atomic E-state index is 11.7. The Balaban J connectivity index is 2.25. The van der Waals surface area contributed by atoms with Gasteiger partial charge in [0.25, 0.3) is 0 Å². The van der Waals surface area contributed by atoms with Crippen LogP contribution in [0, 0.1) is 5.92 Å². The van der Waals surface area contributed by atoms with Crippen molar-refractivity contribution < 1.29 is 18.3 Å². The third-order valence-corrected chi connectivity index (χ3v) is 4.99. The fourth-order valence-corrected chi connectivity index (χ4v) is 3.53. The van der Waals surface area contributed by atoms with Gasteiger partial charge in [0.2, 0.25) is 27.8 Å². The number of anilines is 2.